The highest BCUT2D eigenvalue weighted by Crippen LogP contribution is 2.22. The molecular weight excluding hydrogens is 300 g/mol. The number of halogens is 1. The van der Waals surface area contributed by atoms with E-state index in [2.05, 4.69) is 11.2 Å². The van der Waals surface area contributed by atoms with E-state index in [0.717, 1.165) is 11.3 Å². The molecule has 3 aromatic rings. The lowest BCUT2D eigenvalue weighted by atomic mass is 10.1. The number of ether oxygens (including phenoxy) is 1. The van der Waals surface area contributed by atoms with Crippen molar-refractivity contribution in [3.05, 3.63) is 70.9 Å². The van der Waals surface area contributed by atoms with Crippen LogP contribution in [-0.2, 0) is 6.61 Å². The molecule has 22 heavy (non-hydrogen) atoms. The molecule has 0 saturated heterocycles. The van der Waals surface area contributed by atoms with Crippen LogP contribution >= 0.6 is 11.6 Å². The third-order valence-electron chi connectivity index (χ3n) is 3.04. The van der Waals surface area contributed by atoms with Crippen molar-refractivity contribution in [2.45, 2.75) is 6.61 Å². The van der Waals surface area contributed by atoms with Crippen LogP contribution in [-0.4, -0.2) is 5.16 Å². The highest BCUT2D eigenvalue weighted by Gasteiger charge is 2.07. The van der Waals surface area contributed by atoms with Gasteiger partial charge in [0.05, 0.1) is 11.6 Å². The van der Waals surface area contributed by atoms with Gasteiger partial charge in [-0.25, -0.2) is 0 Å². The standard InChI is InChI=1S/C17H11ClN2O2/c18-14-6-4-13(5-7-14)17-9-16(22-20-17)11-21-15-3-1-2-12(8-15)10-19/h1-9H,11H2. The van der Waals surface area contributed by atoms with Crippen LogP contribution in [0.25, 0.3) is 11.3 Å². The van der Waals surface area contributed by atoms with E-state index in [1.807, 2.05) is 18.2 Å². The number of hydrogen-bond acceptors (Lipinski definition) is 4. The summed E-state index contributed by atoms with van der Waals surface area (Å²) in [7, 11) is 0. The number of rotatable bonds is 4. The maximum Gasteiger partial charge on any atom is 0.174 e. The van der Waals surface area contributed by atoms with E-state index in [0.29, 0.717) is 22.1 Å². The van der Waals surface area contributed by atoms with Crippen LogP contribution in [0.5, 0.6) is 5.75 Å². The van der Waals surface area contributed by atoms with Crippen LogP contribution in [0.3, 0.4) is 0 Å². The average Bonchev–Trinajstić information content (AvgIpc) is 3.03. The second-order valence-corrected chi connectivity index (χ2v) is 5.05. The number of benzene rings is 2. The topological polar surface area (TPSA) is 59.0 Å². The third kappa shape index (κ3) is 3.27. The first-order valence-electron chi connectivity index (χ1n) is 6.59. The smallest absolute Gasteiger partial charge is 0.174 e. The molecule has 0 amide bonds. The first kappa shape index (κ1) is 14.2. The molecule has 0 fully saturated rings. The summed E-state index contributed by atoms with van der Waals surface area (Å²) in [5.74, 6) is 1.22. The normalized spacial score (nSPS) is 10.2. The fourth-order valence-electron chi connectivity index (χ4n) is 1.95. The van der Waals surface area contributed by atoms with Gasteiger partial charge in [-0.1, -0.05) is 35.0 Å². The minimum Gasteiger partial charge on any atom is -0.486 e. The molecule has 2 aromatic carbocycles. The summed E-state index contributed by atoms with van der Waals surface area (Å²) >= 11 is 5.86. The Morgan fingerprint density at radius 1 is 1.14 bits per heavy atom. The molecule has 0 radical (unpaired) electrons. The zero-order chi connectivity index (χ0) is 15.4. The van der Waals surface area contributed by atoms with Gasteiger partial charge in [0, 0.05) is 16.7 Å². The Hall–Kier alpha value is -2.77. The summed E-state index contributed by atoms with van der Waals surface area (Å²) in [6.45, 7) is 0.246. The zero-order valence-electron chi connectivity index (χ0n) is 11.5. The first-order valence-corrected chi connectivity index (χ1v) is 6.97. The maximum atomic E-state index is 8.85. The molecule has 3 rings (SSSR count). The summed E-state index contributed by atoms with van der Waals surface area (Å²) < 4.78 is 10.9. The predicted octanol–water partition coefficient (Wildman–Crippen LogP) is 4.45. The Morgan fingerprint density at radius 3 is 2.73 bits per heavy atom. The fourth-order valence-corrected chi connectivity index (χ4v) is 2.07. The lowest BCUT2D eigenvalue weighted by molar-refractivity contribution is 0.249. The molecule has 0 bridgehead atoms. The second-order valence-electron chi connectivity index (χ2n) is 4.61. The Balaban J connectivity index is 1.69. The molecule has 0 saturated carbocycles. The van der Waals surface area contributed by atoms with Gasteiger partial charge in [-0.3, -0.25) is 0 Å². The van der Waals surface area contributed by atoms with Gasteiger partial charge in [0.25, 0.3) is 0 Å². The molecule has 0 spiro atoms. The second kappa shape index (κ2) is 6.33. The van der Waals surface area contributed by atoms with E-state index >= 15 is 0 Å². The molecule has 0 aliphatic rings. The van der Waals surface area contributed by atoms with Crippen molar-refractivity contribution in [1.82, 2.24) is 5.16 Å². The van der Waals surface area contributed by atoms with Gasteiger partial charge >= 0.3 is 0 Å². The van der Waals surface area contributed by atoms with Crippen LogP contribution in [0.1, 0.15) is 11.3 Å². The van der Waals surface area contributed by atoms with E-state index in [4.69, 9.17) is 26.1 Å². The van der Waals surface area contributed by atoms with Gasteiger partial charge in [0.2, 0.25) is 0 Å². The van der Waals surface area contributed by atoms with E-state index in [1.54, 1.807) is 36.4 Å². The maximum absolute atomic E-state index is 8.85. The van der Waals surface area contributed by atoms with Gasteiger partial charge in [-0.15, -0.1) is 0 Å². The van der Waals surface area contributed by atoms with Gasteiger partial charge in [0.1, 0.15) is 18.1 Å². The van der Waals surface area contributed by atoms with Crippen molar-refractivity contribution in [3.63, 3.8) is 0 Å². The molecule has 4 nitrogen and oxygen atoms in total. The molecular formula is C17H11ClN2O2. The highest BCUT2D eigenvalue weighted by atomic mass is 35.5. The summed E-state index contributed by atoms with van der Waals surface area (Å²) in [5, 5.41) is 13.5. The summed E-state index contributed by atoms with van der Waals surface area (Å²) in [6.07, 6.45) is 0. The van der Waals surface area contributed by atoms with E-state index < -0.39 is 0 Å². The lowest BCUT2D eigenvalue weighted by Gasteiger charge is -2.03. The van der Waals surface area contributed by atoms with Crippen molar-refractivity contribution >= 4 is 11.6 Å². The minimum atomic E-state index is 0.246. The molecule has 0 atom stereocenters. The molecule has 0 N–H and O–H groups in total. The van der Waals surface area contributed by atoms with Crippen LogP contribution in [0, 0.1) is 11.3 Å². The zero-order valence-corrected chi connectivity index (χ0v) is 12.2. The van der Waals surface area contributed by atoms with Gasteiger partial charge in [-0.2, -0.15) is 5.26 Å². The average molecular weight is 311 g/mol. The molecule has 108 valence electrons. The SMILES string of the molecule is N#Cc1cccc(OCc2cc(-c3ccc(Cl)cc3)no2)c1. The Bertz CT molecular complexity index is 819. The number of nitriles is 1. The van der Waals surface area contributed by atoms with Crippen LogP contribution in [0.4, 0.5) is 0 Å². The highest BCUT2D eigenvalue weighted by molar-refractivity contribution is 6.30. The third-order valence-corrected chi connectivity index (χ3v) is 3.30. The van der Waals surface area contributed by atoms with Gasteiger partial charge in [-0.05, 0) is 30.3 Å². The molecule has 0 aliphatic heterocycles. The van der Waals surface area contributed by atoms with E-state index in [-0.39, 0.29) is 6.61 Å². The van der Waals surface area contributed by atoms with Crippen molar-refractivity contribution in [1.29, 1.82) is 5.26 Å². The minimum absolute atomic E-state index is 0.246. The molecule has 0 unspecified atom stereocenters. The molecule has 1 heterocycles. The van der Waals surface area contributed by atoms with Crippen molar-refractivity contribution in [2.75, 3.05) is 0 Å². The first-order chi connectivity index (χ1) is 10.7. The van der Waals surface area contributed by atoms with Crippen LogP contribution < -0.4 is 4.74 Å². The molecule has 1 aromatic heterocycles. The quantitative estimate of drug-likeness (QED) is 0.714. The summed E-state index contributed by atoms with van der Waals surface area (Å²) in [6, 6.07) is 18.2. The van der Waals surface area contributed by atoms with Gasteiger partial charge < -0.3 is 9.26 Å². The Morgan fingerprint density at radius 2 is 1.95 bits per heavy atom. The Labute approximate surface area is 132 Å². The van der Waals surface area contributed by atoms with E-state index in [9.17, 15) is 0 Å². The van der Waals surface area contributed by atoms with Crippen molar-refractivity contribution in [2.24, 2.45) is 0 Å². The predicted molar refractivity (Wildman–Crippen MR) is 82.4 cm³/mol. The summed E-state index contributed by atoms with van der Waals surface area (Å²) in [4.78, 5) is 0. The van der Waals surface area contributed by atoms with Crippen molar-refractivity contribution in [3.8, 4) is 23.1 Å². The fraction of sp³-hybridized carbons (Fsp3) is 0.0588. The van der Waals surface area contributed by atoms with Gasteiger partial charge in [0.15, 0.2) is 5.76 Å². The largest absolute Gasteiger partial charge is 0.486 e. The monoisotopic (exact) mass is 310 g/mol. The van der Waals surface area contributed by atoms with Crippen LogP contribution in [0.2, 0.25) is 5.02 Å². The number of hydrogen-bond donors (Lipinski definition) is 0. The lowest BCUT2D eigenvalue weighted by Crippen LogP contribution is -1.93. The molecule has 5 heteroatoms. The number of aromatic nitrogens is 1. The number of nitrogens with zero attached hydrogens (tertiary/aromatic N) is 2. The molecule has 0 aliphatic carbocycles. The van der Waals surface area contributed by atoms with E-state index in [1.165, 1.54) is 0 Å². The van der Waals surface area contributed by atoms with Crippen molar-refractivity contribution < 1.29 is 9.26 Å². The Kier molecular flexibility index (Phi) is 4.08. The summed E-state index contributed by atoms with van der Waals surface area (Å²) in [5.41, 5.74) is 2.20. The van der Waals surface area contributed by atoms with Crippen LogP contribution in [0.15, 0.2) is 59.1 Å².